The lowest BCUT2D eigenvalue weighted by atomic mass is 10.1. The summed E-state index contributed by atoms with van der Waals surface area (Å²) in [5, 5.41) is 10.1. The van der Waals surface area contributed by atoms with Gasteiger partial charge in [0.1, 0.15) is 0 Å². The van der Waals surface area contributed by atoms with Crippen LogP contribution in [0.1, 0.15) is 42.2 Å². The van der Waals surface area contributed by atoms with Gasteiger partial charge in [-0.25, -0.2) is 14.4 Å². The van der Waals surface area contributed by atoms with Crippen molar-refractivity contribution in [1.29, 1.82) is 0 Å². The highest BCUT2D eigenvalue weighted by Gasteiger charge is 2.41. The van der Waals surface area contributed by atoms with Crippen LogP contribution in [0.3, 0.4) is 0 Å². The van der Waals surface area contributed by atoms with E-state index in [1.165, 1.54) is 42.5 Å². The average molecular weight is 573 g/mol. The van der Waals surface area contributed by atoms with E-state index in [1.54, 1.807) is 38.1 Å². The van der Waals surface area contributed by atoms with Crippen molar-refractivity contribution in [3.63, 3.8) is 0 Å². The van der Waals surface area contributed by atoms with E-state index in [4.69, 9.17) is 32.7 Å². The Morgan fingerprint density at radius 1 is 0.744 bits per heavy atom. The number of amides is 2. The van der Waals surface area contributed by atoms with Crippen molar-refractivity contribution in [1.82, 2.24) is 10.9 Å². The van der Waals surface area contributed by atoms with E-state index in [0.717, 1.165) is 0 Å². The normalized spacial score (nSPS) is 12.0. The van der Waals surface area contributed by atoms with Crippen molar-refractivity contribution in [2.75, 3.05) is 0 Å². The average Bonchev–Trinajstić information content (AvgIpc) is 2.88. The number of carbonyl (C=O) groups is 5. The Hall–Kier alpha value is -4.41. The van der Waals surface area contributed by atoms with Gasteiger partial charge in [-0.05, 0) is 56.3 Å². The van der Waals surface area contributed by atoms with Crippen LogP contribution in [0.2, 0.25) is 10.0 Å². The topological polar surface area (TPSA) is 148 Å². The number of halogens is 2. The summed E-state index contributed by atoms with van der Waals surface area (Å²) in [6.45, 7) is 3.42. The molecule has 0 aromatic heterocycles. The van der Waals surface area contributed by atoms with Crippen LogP contribution >= 0.6 is 23.2 Å². The van der Waals surface area contributed by atoms with Gasteiger partial charge in [0.2, 0.25) is 12.2 Å². The monoisotopic (exact) mass is 572 g/mol. The van der Waals surface area contributed by atoms with Crippen LogP contribution in [-0.4, -0.2) is 47.0 Å². The van der Waals surface area contributed by atoms with Gasteiger partial charge < -0.3 is 14.6 Å². The molecule has 202 valence electrons. The number of carboxylic acid groups (broad SMARTS) is 1. The minimum atomic E-state index is -2.28. The first-order chi connectivity index (χ1) is 18.5. The fourth-order valence-corrected chi connectivity index (χ4v) is 3.83. The van der Waals surface area contributed by atoms with E-state index in [0.29, 0.717) is 11.1 Å². The number of rotatable bonds is 8. The number of nitrogens with one attached hydrogen (secondary N) is 2. The maximum atomic E-state index is 13.1. The largest absolute Gasteiger partial charge is 0.478 e. The minimum Gasteiger partial charge on any atom is -0.478 e. The molecule has 39 heavy (non-hydrogen) atoms. The molecule has 3 N–H and O–H groups in total. The van der Waals surface area contributed by atoms with E-state index < -0.39 is 41.9 Å². The van der Waals surface area contributed by atoms with Gasteiger partial charge in [-0.3, -0.25) is 20.4 Å². The number of ether oxygens (including phenoxy) is 2. The molecule has 0 spiro atoms. The first-order valence-corrected chi connectivity index (χ1v) is 12.0. The SMILES string of the molecule is Cc1cccc(C(=O)O[C@H](C(=O)NNC(=O)c2ccc(Cl)cc2Cl)[C@@H](OC(=O)c2cccc(C)c2)C(=O)O)c1. The molecule has 10 nitrogen and oxygen atoms in total. The molecule has 3 aromatic rings. The summed E-state index contributed by atoms with van der Waals surface area (Å²) in [5.41, 5.74) is 5.39. The number of hydrazine groups is 1. The van der Waals surface area contributed by atoms with E-state index in [9.17, 15) is 29.1 Å². The van der Waals surface area contributed by atoms with E-state index in [-0.39, 0.29) is 26.7 Å². The second-order valence-corrected chi connectivity index (χ2v) is 9.14. The number of benzene rings is 3. The molecule has 3 aromatic carbocycles. The Morgan fingerprint density at radius 2 is 1.28 bits per heavy atom. The number of carbonyl (C=O) groups excluding carboxylic acids is 4. The smallest absolute Gasteiger partial charge is 0.349 e. The van der Waals surface area contributed by atoms with Crippen molar-refractivity contribution >= 4 is 52.9 Å². The third-order valence-corrected chi connectivity index (χ3v) is 5.78. The second kappa shape index (κ2) is 12.9. The van der Waals surface area contributed by atoms with Gasteiger partial charge in [0, 0.05) is 5.02 Å². The summed E-state index contributed by atoms with van der Waals surface area (Å²) in [6.07, 6.45) is -4.48. The van der Waals surface area contributed by atoms with E-state index in [1.807, 2.05) is 5.43 Å². The maximum absolute atomic E-state index is 13.1. The molecule has 0 heterocycles. The quantitative estimate of drug-likeness (QED) is 0.272. The fraction of sp³-hybridized carbons (Fsp3) is 0.148. The van der Waals surface area contributed by atoms with Crippen molar-refractivity contribution in [3.05, 3.63) is 105 Å². The first kappa shape index (κ1) is 29.2. The van der Waals surface area contributed by atoms with Crippen molar-refractivity contribution in [3.8, 4) is 0 Å². The van der Waals surface area contributed by atoms with Crippen LogP contribution in [0.25, 0.3) is 0 Å². The summed E-state index contributed by atoms with van der Waals surface area (Å²) >= 11 is 11.8. The molecular formula is C27H22Cl2N2O8. The summed E-state index contributed by atoms with van der Waals surface area (Å²) in [5.74, 6) is -6.09. The van der Waals surface area contributed by atoms with Gasteiger partial charge in [0.15, 0.2) is 0 Å². The third kappa shape index (κ3) is 7.79. The van der Waals surface area contributed by atoms with Crippen LogP contribution in [0.4, 0.5) is 0 Å². The Kier molecular flexibility index (Phi) is 9.64. The van der Waals surface area contributed by atoms with Gasteiger partial charge in [-0.1, -0.05) is 58.6 Å². The number of hydrogen-bond acceptors (Lipinski definition) is 7. The van der Waals surface area contributed by atoms with Gasteiger partial charge >= 0.3 is 17.9 Å². The minimum absolute atomic E-state index is 0.0103. The zero-order valence-electron chi connectivity index (χ0n) is 20.6. The zero-order chi connectivity index (χ0) is 28.7. The lowest BCUT2D eigenvalue weighted by Crippen LogP contribution is -2.54. The molecule has 0 saturated heterocycles. The van der Waals surface area contributed by atoms with Gasteiger partial charge in [0.25, 0.3) is 11.8 Å². The highest BCUT2D eigenvalue weighted by Crippen LogP contribution is 2.21. The molecule has 12 heteroatoms. The van der Waals surface area contributed by atoms with Crippen LogP contribution in [0.15, 0.2) is 66.7 Å². The zero-order valence-corrected chi connectivity index (χ0v) is 22.1. The standard InChI is InChI=1S/C27H22Cl2N2O8/c1-14-5-3-7-16(11-14)26(36)38-21(22(25(34)35)39-27(37)17-8-4-6-15(2)12-17)24(33)31-30-23(32)19-10-9-18(28)13-20(19)29/h3-13,21-22H,1-2H3,(H,30,32)(H,31,33)(H,34,35)/t21-,22+/m0/s1. The number of carboxylic acids is 1. The molecule has 0 saturated carbocycles. The summed E-state index contributed by atoms with van der Waals surface area (Å²) in [7, 11) is 0. The number of aryl methyl sites for hydroxylation is 2. The van der Waals surface area contributed by atoms with Crippen molar-refractivity contribution in [2.24, 2.45) is 0 Å². The predicted molar refractivity (Wildman–Crippen MR) is 140 cm³/mol. The van der Waals surface area contributed by atoms with Crippen LogP contribution in [0.5, 0.6) is 0 Å². The highest BCUT2D eigenvalue weighted by molar-refractivity contribution is 6.36. The predicted octanol–water partition coefficient (Wildman–Crippen LogP) is 3.91. The van der Waals surface area contributed by atoms with E-state index >= 15 is 0 Å². The fourth-order valence-electron chi connectivity index (χ4n) is 3.34. The summed E-state index contributed by atoms with van der Waals surface area (Å²) in [4.78, 5) is 63.2. The lowest BCUT2D eigenvalue weighted by Gasteiger charge is -2.23. The first-order valence-electron chi connectivity index (χ1n) is 11.3. The molecule has 0 aliphatic carbocycles. The van der Waals surface area contributed by atoms with Gasteiger partial charge in [-0.2, -0.15) is 0 Å². The molecular weight excluding hydrogens is 551 g/mol. The van der Waals surface area contributed by atoms with Crippen LogP contribution in [0, 0.1) is 13.8 Å². The van der Waals surface area contributed by atoms with Crippen molar-refractivity contribution < 1.29 is 38.6 Å². The lowest BCUT2D eigenvalue weighted by molar-refractivity contribution is -0.159. The maximum Gasteiger partial charge on any atom is 0.349 e. The Labute approximate surface area is 232 Å². The molecule has 0 aliphatic rings. The van der Waals surface area contributed by atoms with E-state index in [2.05, 4.69) is 5.43 Å². The van der Waals surface area contributed by atoms with Crippen LogP contribution < -0.4 is 10.9 Å². The Morgan fingerprint density at radius 3 is 1.77 bits per heavy atom. The molecule has 0 radical (unpaired) electrons. The molecule has 0 fully saturated rings. The Balaban J connectivity index is 1.87. The molecule has 2 atom stereocenters. The van der Waals surface area contributed by atoms with Gasteiger partial charge in [-0.15, -0.1) is 0 Å². The van der Waals surface area contributed by atoms with Gasteiger partial charge in [0.05, 0.1) is 21.7 Å². The molecule has 0 unspecified atom stereocenters. The number of esters is 2. The Bertz CT molecular complexity index is 1440. The number of aliphatic carboxylic acids is 1. The molecule has 0 bridgehead atoms. The number of hydrogen-bond donors (Lipinski definition) is 3. The van der Waals surface area contributed by atoms with Crippen molar-refractivity contribution in [2.45, 2.75) is 26.1 Å². The third-order valence-electron chi connectivity index (χ3n) is 5.23. The second-order valence-electron chi connectivity index (χ2n) is 8.30. The summed E-state index contributed by atoms with van der Waals surface area (Å²) < 4.78 is 10.3. The summed E-state index contributed by atoms with van der Waals surface area (Å²) in [6, 6.07) is 16.2. The molecule has 0 aliphatic heterocycles. The molecule has 3 rings (SSSR count). The molecule has 2 amide bonds. The van der Waals surface area contributed by atoms with Crippen LogP contribution in [-0.2, 0) is 19.1 Å². The highest BCUT2D eigenvalue weighted by atomic mass is 35.5.